The minimum atomic E-state index is -0.704. The van der Waals surface area contributed by atoms with Crippen molar-refractivity contribution in [2.75, 3.05) is 5.32 Å². The molecule has 2 atom stereocenters. The number of hydrogen-bond acceptors (Lipinski definition) is 6. The molecule has 124 valence electrons. The lowest BCUT2D eigenvalue weighted by Crippen LogP contribution is -2.39. The van der Waals surface area contributed by atoms with Crippen molar-refractivity contribution in [3.63, 3.8) is 0 Å². The fraction of sp³-hybridized carbons (Fsp3) is 0.500. The van der Waals surface area contributed by atoms with Crippen molar-refractivity contribution in [2.24, 2.45) is 11.0 Å². The van der Waals surface area contributed by atoms with E-state index in [1.54, 1.807) is 13.1 Å². The molecule has 1 aliphatic rings. The zero-order valence-electron chi connectivity index (χ0n) is 12.8. The van der Waals surface area contributed by atoms with Gasteiger partial charge in [-0.1, -0.05) is 19.1 Å². The molecule has 0 aliphatic heterocycles. The van der Waals surface area contributed by atoms with E-state index >= 15 is 0 Å². The molecule has 4 N–H and O–H groups in total. The summed E-state index contributed by atoms with van der Waals surface area (Å²) in [5.74, 6) is -0.160. The van der Waals surface area contributed by atoms with Crippen molar-refractivity contribution < 1.29 is 4.79 Å². The Kier molecular flexibility index (Phi) is 5.84. The summed E-state index contributed by atoms with van der Waals surface area (Å²) in [5.41, 5.74) is 1.08. The Labute approximate surface area is 132 Å². The lowest BCUT2D eigenvalue weighted by atomic mass is 9.96. The van der Waals surface area contributed by atoms with Gasteiger partial charge in [0.25, 0.3) is 11.5 Å². The number of anilines is 1. The maximum Gasteiger partial charge on any atom is 0.342 e. The van der Waals surface area contributed by atoms with Crippen LogP contribution in [-0.4, -0.2) is 33.3 Å². The number of hydrazone groups is 1. The van der Waals surface area contributed by atoms with Crippen LogP contribution in [0.1, 0.15) is 32.6 Å². The van der Waals surface area contributed by atoms with Gasteiger partial charge >= 0.3 is 5.69 Å². The first kappa shape index (κ1) is 16.7. The average Bonchev–Trinajstić information content (AvgIpc) is 2.55. The Balaban J connectivity index is 1.92. The smallest absolute Gasteiger partial charge is 0.342 e. The lowest BCUT2D eigenvalue weighted by Gasteiger charge is -2.15. The van der Waals surface area contributed by atoms with Crippen LogP contribution >= 0.6 is 0 Å². The second-order valence-corrected chi connectivity index (χ2v) is 5.26. The van der Waals surface area contributed by atoms with E-state index in [9.17, 15) is 14.4 Å². The summed E-state index contributed by atoms with van der Waals surface area (Å²) in [6.45, 7) is 1.78. The molecule has 9 heteroatoms. The molecule has 0 radical (unpaired) electrons. The van der Waals surface area contributed by atoms with Crippen molar-refractivity contribution in [1.82, 2.24) is 20.6 Å². The number of aromatic amines is 2. The third-order valence-electron chi connectivity index (χ3n) is 3.52. The van der Waals surface area contributed by atoms with Gasteiger partial charge in [-0.3, -0.25) is 14.6 Å². The van der Waals surface area contributed by atoms with Crippen LogP contribution in [0, 0.1) is 5.92 Å². The standard InChI is InChI=1S/C14H20N6O3/c1-2-10(16-11-13(22)17-14(23)20-18-11)12(21)19-15-8-9-6-4-3-5-7-9/h3-4,8-10H,2,5-7H2,1H3,(H,16,18)(H,19,21)(H2,17,20,22,23)/b15-8+/t9-,10+/m0/s1. The van der Waals surface area contributed by atoms with Crippen molar-refractivity contribution in [1.29, 1.82) is 0 Å². The van der Waals surface area contributed by atoms with Gasteiger partial charge in [-0.2, -0.15) is 5.10 Å². The van der Waals surface area contributed by atoms with Crippen LogP contribution in [0.25, 0.3) is 0 Å². The molecule has 1 amide bonds. The number of hydrogen-bond donors (Lipinski definition) is 4. The van der Waals surface area contributed by atoms with E-state index in [1.165, 1.54) is 0 Å². The highest BCUT2D eigenvalue weighted by atomic mass is 16.2. The maximum absolute atomic E-state index is 12.1. The van der Waals surface area contributed by atoms with Gasteiger partial charge in [0.15, 0.2) is 0 Å². The number of nitrogens with zero attached hydrogens (tertiary/aromatic N) is 2. The highest BCUT2D eigenvalue weighted by molar-refractivity contribution is 5.84. The maximum atomic E-state index is 12.1. The summed E-state index contributed by atoms with van der Waals surface area (Å²) in [6, 6.07) is -0.682. The third-order valence-corrected chi connectivity index (χ3v) is 3.52. The summed E-state index contributed by atoms with van der Waals surface area (Å²) >= 11 is 0. The molecule has 0 spiro atoms. The number of nitrogens with one attached hydrogen (secondary N) is 4. The second kappa shape index (κ2) is 8.06. The van der Waals surface area contributed by atoms with Gasteiger partial charge in [0, 0.05) is 6.21 Å². The Morgan fingerprint density at radius 3 is 3.00 bits per heavy atom. The van der Waals surface area contributed by atoms with E-state index in [2.05, 4.69) is 38.2 Å². The number of H-pyrrole nitrogens is 2. The first-order chi connectivity index (χ1) is 11.1. The van der Waals surface area contributed by atoms with Gasteiger partial charge in [-0.15, -0.1) is 5.10 Å². The fourth-order valence-electron chi connectivity index (χ4n) is 2.20. The first-order valence-corrected chi connectivity index (χ1v) is 7.53. The molecule has 0 fully saturated rings. The highest BCUT2D eigenvalue weighted by Crippen LogP contribution is 2.15. The van der Waals surface area contributed by atoms with Gasteiger partial charge in [0.2, 0.25) is 5.82 Å². The molecule has 0 aromatic carbocycles. The summed E-state index contributed by atoms with van der Waals surface area (Å²) in [4.78, 5) is 36.6. The molecule has 0 bridgehead atoms. The highest BCUT2D eigenvalue weighted by Gasteiger charge is 2.18. The molecule has 0 saturated carbocycles. The Morgan fingerprint density at radius 1 is 1.52 bits per heavy atom. The van der Waals surface area contributed by atoms with Crippen LogP contribution < -0.4 is 22.0 Å². The van der Waals surface area contributed by atoms with Crippen LogP contribution in [0.2, 0.25) is 0 Å². The molecule has 1 aromatic rings. The van der Waals surface area contributed by atoms with Crippen molar-refractivity contribution >= 4 is 17.9 Å². The molecule has 23 heavy (non-hydrogen) atoms. The minimum Gasteiger partial charge on any atom is -0.352 e. The van der Waals surface area contributed by atoms with Crippen molar-refractivity contribution in [3.8, 4) is 0 Å². The largest absolute Gasteiger partial charge is 0.352 e. The number of carbonyl (C=O) groups is 1. The van der Waals surface area contributed by atoms with E-state index in [-0.39, 0.29) is 11.7 Å². The molecule has 1 aromatic heterocycles. The predicted molar refractivity (Wildman–Crippen MR) is 86.3 cm³/mol. The monoisotopic (exact) mass is 320 g/mol. The van der Waals surface area contributed by atoms with Crippen LogP contribution in [-0.2, 0) is 4.79 Å². The summed E-state index contributed by atoms with van der Waals surface area (Å²) in [7, 11) is 0. The van der Waals surface area contributed by atoms with Gasteiger partial charge in [-0.05, 0) is 31.6 Å². The molecule has 1 aliphatic carbocycles. The normalized spacial score (nSPS) is 18.7. The fourth-order valence-corrected chi connectivity index (χ4v) is 2.20. The zero-order chi connectivity index (χ0) is 16.7. The van der Waals surface area contributed by atoms with Gasteiger partial charge < -0.3 is 5.32 Å². The number of allylic oxidation sites excluding steroid dienone is 2. The quantitative estimate of drug-likeness (QED) is 0.335. The molecule has 0 unspecified atom stereocenters. The minimum absolute atomic E-state index is 0.118. The van der Waals surface area contributed by atoms with E-state index in [0.717, 1.165) is 19.3 Å². The summed E-state index contributed by atoms with van der Waals surface area (Å²) in [5, 5.41) is 12.4. The molecule has 0 saturated heterocycles. The molecule has 9 nitrogen and oxygen atoms in total. The van der Waals surface area contributed by atoms with Crippen LogP contribution in [0.4, 0.5) is 5.82 Å². The number of aromatic nitrogens is 3. The van der Waals surface area contributed by atoms with Crippen molar-refractivity contribution in [3.05, 3.63) is 33.0 Å². The molecular weight excluding hydrogens is 300 g/mol. The Hall–Kier alpha value is -2.71. The Bertz CT molecular complexity index is 705. The molecular formula is C14H20N6O3. The van der Waals surface area contributed by atoms with Crippen LogP contribution in [0.3, 0.4) is 0 Å². The summed E-state index contributed by atoms with van der Waals surface area (Å²) in [6.07, 6.45) is 9.35. The topological polar surface area (TPSA) is 132 Å². The van der Waals surface area contributed by atoms with Gasteiger partial charge in [0.1, 0.15) is 6.04 Å². The lowest BCUT2D eigenvalue weighted by molar-refractivity contribution is -0.121. The molecule has 1 heterocycles. The summed E-state index contributed by atoms with van der Waals surface area (Å²) < 4.78 is 0. The van der Waals surface area contributed by atoms with Crippen LogP contribution in [0.5, 0.6) is 0 Å². The number of amides is 1. The van der Waals surface area contributed by atoms with E-state index in [1.807, 2.05) is 4.98 Å². The van der Waals surface area contributed by atoms with Crippen molar-refractivity contribution in [2.45, 2.75) is 38.6 Å². The zero-order valence-corrected chi connectivity index (χ0v) is 12.8. The molecule has 2 rings (SSSR count). The van der Waals surface area contributed by atoms with E-state index in [4.69, 9.17) is 0 Å². The second-order valence-electron chi connectivity index (χ2n) is 5.26. The van der Waals surface area contributed by atoms with E-state index < -0.39 is 17.3 Å². The Morgan fingerprint density at radius 2 is 2.35 bits per heavy atom. The first-order valence-electron chi connectivity index (χ1n) is 7.53. The van der Waals surface area contributed by atoms with E-state index in [0.29, 0.717) is 12.3 Å². The SMILES string of the molecule is CC[C@@H](Nc1n[nH]c(=O)[nH]c1=O)C(=O)N/N=C/[C@H]1CC=CCC1. The average molecular weight is 320 g/mol. The van der Waals surface area contributed by atoms with Gasteiger partial charge in [-0.25, -0.2) is 15.3 Å². The number of rotatable bonds is 6. The number of carbonyl (C=O) groups excluding carboxylic acids is 1. The van der Waals surface area contributed by atoms with Crippen LogP contribution in [0.15, 0.2) is 26.8 Å². The third kappa shape index (κ3) is 4.90. The van der Waals surface area contributed by atoms with Gasteiger partial charge in [0.05, 0.1) is 0 Å². The predicted octanol–water partition coefficient (Wildman–Crippen LogP) is 0.107.